The van der Waals surface area contributed by atoms with Crippen LogP contribution in [0.5, 0.6) is 0 Å². The highest BCUT2D eigenvalue weighted by atomic mass is 79.9. The highest BCUT2D eigenvalue weighted by Gasteiger charge is 2.24. The fraction of sp³-hybridized carbons (Fsp3) is 0.462. The Kier molecular flexibility index (Phi) is 3.61. The van der Waals surface area contributed by atoms with Crippen LogP contribution in [0.4, 0.5) is 0 Å². The molecule has 0 amide bonds. The summed E-state index contributed by atoms with van der Waals surface area (Å²) in [6.07, 6.45) is 5.70. The van der Waals surface area contributed by atoms with Crippen molar-refractivity contribution in [3.63, 3.8) is 0 Å². The van der Waals surface area contributed by atoms with E-state index in [0.717, 1.165) is 23.0 Å². The third kappa shape index (κ3) is 2.84. The van der Waals surface area contributed by atoms with Gasteiger partial charge < -0.3 is 9.84 Å². The normalized spacial score (nSPS) is 23.5. The number of rotatable bonds is 2. The van der Waals surface area contributed by atoms with Crippen molar-refractivity contribution < 1.29 is 4.52 Å². The molecule has 1 fully saturated rings. The Morgan fingerprint density at radius 2 is 2.32 bits per heavy atom. The fourth-order valence-electron chi connectivity index (χ4n) is 2.32. The van der Waals surface area contributed by atoms with E-state index in [1.807, 2.05) is 6.07 Å². The number of nitrogens with zero attached hydrogens (tertiary/aromatic N) is 3. The van der Waals surface area contributed by atoms with Gasteiger partial charge in [-0.3, -0.25) is 4.98 Å². The van der Waals surface area contributed by atoms with Gasteiger partial charge in [0.25, 0.3) is 0 Å². The molecule has 100 valence electrons. The van der Waals surface area contributed by atoms with Crippen LogP contribution < -0.4 is 5.32 Å². The Bertz CT molecular complexity index is 571. The Labute approximate surface area is 119 Å². The van der Waals surface area contributed by atoms with Gasteiger partial charge in [-0.25, -0.2) is 0 Å². The van der Waals surface area contributed by atoms with Crippen molar-refractivity contribution in [3.8, 4) is 11.4 Å². The van der Waals surface area contributed by atoms with Gasteiger partial charge in [0.15, 0.2) is 0 Å². The number of halogens is 1. The number of nitrogens with one attached hydrogen (secondary N) is 1. The van der Waals surface area contributed by atoms with Crippen molar-refractivity contribution >= 4 is 15.9 Å². The van der Waals surface area contributed by atoms with E-state index in [-0.39, 0.29) is 6.04 Å². The molecule has 1 aliphatic heterocycles. The first-order valence-corrected chi connectivity index (χ1v) is 7.19. The summed E-state index contributed by atoms with van der Waals surface area (Å²) in [6.45, 7) is 3.26. The van der Waals surface area contributed by atoms with Gasteiger partial charge >= 0.3 is 0 Å². The first kappa shape index (κ1) is 12.7. The molecule has 0 bridgehead atoms. The van der Waals surface area contributed by atoms with Crippen molar-refractivity contribution in [2.45, 2.75) is 25.8 Å². The van der Waals surface area contributed by atoms with Crippen LogP contribution >= 0.6 is 15.9 Å². The maximum atomic E-state index is 5.38. The molecule has 0 aliphatic carbocycles. The molecule has 6 heteroatoms. The predicted molar refractivity (Wildman–Crippen MR) is 74.4 cm³/mol. The topological polar surface area (TPSA) is 63.8 Å². The van der Waals surface area contributed by atoms with E-state index in [0.29, 0.717) is 17.6 Å². The van der Waals surface area contributed by atoms with E-state index in [1.165, 1.54) is 6.42 Å². The second kappa shape index (κ2) is 5.38. The molecule has 1 aliphatic rings. The van der Waals surface area contributed by atoms with Crippen LogP contribution in [0.3, 0.4) is 0 Å². The lowest BCUT2D eigenvalue weighted by Gasteiger charge is -2.25. The lowest BCUT2D eigenvalue weighted by atomic mass is 9.94. The summed E-state index contributed by atoms with van der Waals surface area (Å²) in [7, 11) is 0. The monoisotopic (exact) mass is 322 g/mol. The quantitative estimate of drug-likeness (QED) is 0.920. The first-order chi connectivity index (χ1) is 9.22. The maximum absolute atomic E-state index is 5.38. The van der Waals surface area contributed by atoms with Crippen LogP contribution in [0.25, 0.3) is 11.4 Å². The third-order valence-electron chi connectivity index (χ3n) is 3.37. The van der Waals surface area contributed by atoms with E-state index in [9.17, 15) is 0 Å². The van der Waals surface area contributed by atoms with Gasteiger partial charge in [0.1, 0.15) is 0 Å². The van der Waals surface area contributed by atoms with Gasteiger partial charge in [0, 0.05) is 22.4 Å². The van der Waals surface area contributed by atoms with E-state index in [2.05, 4.69) is 43.3 Å². The number of pyridine rings is 1. The second-order valence-corrected chi connectivity index (χ2v) is 5.90. The molecule has 5 nitrogen and oxygen atoms in total. The smallest absolute Gasteiger partial charge is 0.244 e. The minimum Gasteiger partial charge on any atom is -0.337 e. The number of aromatic nitrogens is 3. The van der Waals surface area contributed by atoms with Gasteiger partial charge in [-0.15, -0.1) is 0 Å². The average Bonchev–Trinajstić information content (AvgIpc) is 2.88. The fourth-order valence-corrected chi connectivity index (χ4v) is 2.69. The van der Waals surface area contributed by atoms with Crippen LogP contribution in [0.15, 0.2) is 27.5 Å². The molecule has 2 aromatic heterocycles. The highest BCUT2D eigenvalue weighted by Crippen LogP contribution is 2.27. The van der Waals surface area contributed by atoms with Crippen molar-refractivity contribution in [2.75, 3.05) is 6.54 Å². The van der Waals surface area contributed by atoms with Crippen LogP contribution in [-0.4, -0.2) is 21.7 Å². The molecule has 2 atom stereocenters. The average molecular weight is 323 g/mol. The summed E-state index contributed by atoms with van der Waals surface area (Å²) in [4.78, 5) is 8.59. The molecular formula is C13H15BrN4O. The summed E-state index contributed by atoms with van der Waals surface area (Å²) in [5.41, 5.74) is 0.855. The maximum Gasteiger partial charge on any atom is 0.244 e. The third-order valence-corrected chi connectivity index (χ3v) is 3.80. The molecule has 1 saturated heterocycles. The zero-order valence-corrected chi connectivity index (χ0v) is 12.2. The molecule has 0 spiro atoms. The van der Waals surface area contributed by atoms with Crippen LogP contribution in [-0.2, 0) is 0 Å². The summed E-state index contributed by atoms with van der Waals surface area (Å²) >= 11 is 3.39. The molecule has 1 N–H and O–H groups in total. The molecular weight excluding hydrogens is 308 g/mol. The van der Waals surface area contributed by atoms with Crippen LogP contribution in [0, 0.1) is 5.92 Å². The Balaban J connectivity index is 1.83. The number of hydrogen-bond donors (Lipinski definition) is 1. The van der Waals surface area contributed by atoms with Crippen LogP contribution in [0.1, 0.15) is 31.7 Å². The zero-order valence-electron chi connectivity index (χ0n) is 10.6. The summed E-state index contributed by atoms with van der Waals surface area (Å²) in [5.74, 6) is 1.94. The summed E-state index contributed by atoms with van der Waals surface area (Å²) in [6, 6.07) is 2.10. The lowest BCUT2D eigenvalue weighted by Crippen LogP contribution is -2.30. The largest absolute Gasteiger partial charge is 0.337 e. The summed E-state index contributed by atoms with van der Waals surface area (Å²) < 4.78 is 6.28. The summed E-state index contributed by atoms with van der Waals surface area (Å²) in [5, 5.41) is 7.46. The molecule has 3 heterocycles. The Morgan fingerprint density at radius 3 is 3.11 bits per heavy atom. The van der Waals surface area contributed by atoms with E-state index in [1.54, 1.807) is 12.4 Å². The molecule has 0 aromatic carbocycles. The van der Waals surface area contributed by atoms with Crippen LogP contribution in [0.2, 0.25) is 0 Å². The van der Waals surface area contributed by atoms with Gasteiger partial charge in [-0.1, -0.05) is 12.1 Å². The number of hydrogen-bond acceptors (Lipinski definition) is 5. The lowest BCUT2D eigenvalue weighted by molar-refractivity contribution is 0.260. The first-order valence-electron chi connectivity index (χ1n) is 6.40. The Morgan fingerprint density at radius 1 is 1.42 bits per heavy atom. The van der Waals surface area contributed by atoms with E-state index in [4.69, 9.17) is 4.52 Å². The standard InChI is InChI=1S/C13H15BrN4O/c1-8-2-3-16-11(4-8)13-17-12(18-19-13)9-5-10(14)7-15-6-9/h5-8,11,16H,2-4H2,1H3. The van der Waals surface area contributed by atoms with Gasteiger partial charge in [0.2, 0.25) is 11.7 Å². The molecule has 19 heavy (non-hydrogen) atoms. The molecule has 2 aromatic rings. The van der Waals surface area contributed by atoms with Gasteiger partial charge in [-0.2, -0.15) is 4.98 Å². The predicted octanol–water partition coefficient (Wildman–Crippen LogP) is 2.95. The van der Waals surface area contributed by atoms with Crippen molar-refractivity contribution in [1.82, 2.24) is 20.4 Å². The SMILES string of the molecule is CC1CCNC(c2nc(-c3cncc(Br)c3)no2)C1. The van der Waals surface area contributed by atoms with Gasteiger partial charge in [0.05, 0.1) is 6.04 Å². The zero-order chi connectivity index (χ0) is 13.2. The second-order valence-electron chi connectivity index (χ2n) is 4.98. The van der Waals surface area contributed by atoms with Crippen molar-refractivity contribution in [1.29, 1.82) is 0 Å². The number of piperidine rings is 1. The van der Waals surface area contributed by atoms with Crippen molar-refractivity contribution in [3.05, 3.63) is 28.8 Å². The molecule has 0 saturated carbocycles. The van der Waals surface area contributed by atoms with Crippen molar-refractivity contribution in [2.24, 2.45) is 5.92 Å². The van der Waals surface area contributed by atoms with E-state index >= 15 is 0 Å². The Hall–Kier alpha value is -1.27. The van der Waals surface area contributed by atoms with E-state index < -0.39 is 0 Å². The highest BCUT2D eigenvalue weighted by molar-refractivity contribution is 9.10. The molecule has 3 rings (SSSR count). The minimum atomic E-state index is 0.171. The van der Waals surface area contributed by atoms with Gasteiger partial charge in [-0.05, 0) is 47.3 Å². The molecule has 2 unspecified atom stereocenters. The molecule has 0 radical (unpaired) electrons. The minimum absolute atomic E-state index is 0.171.